The first-order chi connectivity index (χ1) is 11.6. The van der Waals surface area contributed by atoms with E-state index in [2.05, 4.69) is 23.2 Å². The molecule has 0 spiro atoms. The summed E-state index contributed by atoms with van der Waals surface area (Å²) in [4.78, 5) is 14.4. The SMILES string of the molecule is CCCN(CC(=O)Nc1ccccc1Cl)Cc1ccc(C#N)cc1. The number of halogens is 1. The molecule has 0 saturated carbocycles. The lowest BCUT2D eigenvalue weighted by molar-refractivity contribution is -0.117. The number of nitriles is 1. The summed E-state index contributed by atoms with van der Waals surface area (Å²) in [7, 11) is 0. The molecule has 5 heteroatoms. The molecular weight excluding hydrogens is 322 g/mol. The van der Waals surface area contributed by atoms with Crippen molar-refractivity contribution in [1.82, 2.24) is 4.90 Å². The van der Waals surface area contributed by atoms with Gasteiger partial charge in [-0.2, -0.15) is 5.26 Å². The molecule has 0 bridgehead atoms. The second-order valence-electron chi connectivity index (χ2n) is 5.55. The number of hydrogen-bond acceptors (Lipinski definition) is 3. The maximum atomic E-state index is 12.3. The highest BCUT2D eigenvalue weighted by atomic mass is 35.5. The Balaban J connectivity index is 1.98. The Morgan fingerprint density at radius 2 is 1.92 bits per heavy atom. The zero-order valence-corrected chi connectivity index (χ0v) is 14.4. The minimum absolute atomic E-state index is 0.0924. The third-order valence-corrected chi connectivity index (χ3v) is 3.87. The number of carbonyl (C=O) groups is 1. The van der Waals surface area contributed by atoms with Crippen LogP contribution in [-0.2, 0) is 11.3 Å². The van der Waals surface area contributed by atoms with Gasteiger partial charge in [0, 0.05) is 6.54 Å². The number of benzene rings is 2. The average molecular weight is 342 g/mol. The second kappa shape index (κ2) is 9.07. The fourth-order valence-corrected chi connectivity index (χ4v) is 2.61. The number of amides is 1. The zero-order valence-electron chi connectivity index (χ0n) is 13.6. The predicted octanol–water partition coefficient (Wildman–Crippen LogP) is 4.06. The molecule has 124 valence electrons. The molecule has 0 atom stereocenters. The van der Waals surface area contributed by atoms with Gasteiger partial charge in [-0.1, -0.05) is 42.8 Å². The van der Waals surface area contributed by atoms with Crippen molar-refractivity contribution in [2.75, 3.05) is 18.4 Å². The molecule has 0 aromatic heterocycles. The Morgan fingerprint density at radius 1 is 1.21 bits per heavy atom. The predicted molar refractivity (Wildman–Crippen MR) is 96.8 cm³/mol. The summed E-state index contributed by atoms with van der Waals surface area (Å²) in [6.07, 6.45) is 0.954. The maximum Gasteiger partial charge on any atom is 0.238 e. The summed E-state index contributed by atoms with van der Waals surface area (Å²) >= 11 is 6.07. The fraction of sp³-hybridized carbons (Fsp3) is 0.263. The minimum Gasteiger partial charge on any atom is -0.324 e. The number of para-hydroxylation sites is 1. The molecule has 1 amide bonds. The lowest BCUT2D eigenvalue weighted by Gasteiger charge is -2.21. The van der Waals surface area contributed by atoms with Crippen molar-refractivity contribution in [2.45, 2.75) is 19.9 Å². The van der Waals surface area contributed by atoms with Gasteiger partial charge < -0.3 is 5.32 Å². The zero-order chi connectivity index (χ0) is 17.4. The van der Waals surface area contributed by atoms with E-state index in [1.54, 1.807) is 24.3 Å². The van der Waals surface area contributed by atoms with E-state index in [1.165, 1.54) is 0 Å². The minimum atomic E-state index is -0.0924. The number of rotatable bonds is 7. The van der Waals surface area contributed by atoms with E-state index in [-0.39, 0.29) is 5.91 Å². The highest BCUT2D eigenvalue weighted by Crippen LogP contribution is 2.20. The van der Waals surface area contributed by atoms with Crippen LogP contribution in [0.25, 0.3) is 0 Å². The highest BCUT2D eigenvalue weighted by Gasteiger charge is 2.12. The van der Waals surface area contributed by atoms with Gasteiger partial charge in [-0.3, -0.25) is 9.69 Å². The Bertz CT molecular complexity index is 722. The largest absolute Gasteiger partial charge is 0.324 e. The molecule has 24 heavy (non-hydrogen) atoms. The Labute approximate surface area is 147 Å². The van der Waals surface area contributed by atoms with Crippen molar-refractivity contribution in [3.05, 3.63) is 64.7 Å². The van der Waals surface area contributed by atoms with E-state index in [0.717, 1.165) is 18.5 Å². The summed E-state index contributed by atoms with van der Waals surface area (Å²) in [6, 6.07) is 16.7. The van der Waals surface area contributed by atoms with Gasteiger partial charge in [0.05, 0.1) is 28.9 Å². The van der Waals surface area contributed by atoms with Crippen LogP contribution < -0.4 is 5.32 Å². The maximum absolute atomic E-state index is 12.3. The summed E-state index contributed by atoms with van der Waals surface area (Å²) in [5.41, 5.74) is 2.34. The molecule has 2 rings (SSSR count). The molecule has 0 fully saturated rings. The van der Waals surface area contributed by atoms with Crippen molar-refractivity contribution in [3.8, 4) is 6.07 Å². The standard InChI is InChI=1S/C19H20ClN3O/c1-2-11-23(13-16-9-7-15(12-21)8-10-16)14-19(24)22-18-6-4-3-5-17(18)20/h3-10H,2,11,13-14H2,1H3,(H,22,24). The fourth-order valence-electron chi connectivity index (χ4n) is 2.43. The monoisotopic (exact) mass is 341 g/mol. The summed E-state index contributed by atoms with van der Waals surface area (Å²) in [5, 5.41) is 12.2. The molecule has 0 aliphatic carbocycles. The van der Waals surface area contributed by atoms with Gasteiger partial charge in [-0.25, -0.2) is 0 Å². The van der Waals surface area contributed by atoms with Crippen molar-refractivity contribution in [3.63, 3.8) is 0 Å². The van der Waals surface area contributed by atoms with E-state index < -0.39 is 0 Å². The van der Waals surface area contributed by atoms with E-state index >= 15 is 0 Å². The molecule has 0 aliphatic rings. The van der Waals surface area contributed by atoms with Crippen molar-refractivity contribution < 1.29 is 4.79 Å². The Kier molecular flexibility index (Phi) is 6.80. The van der Waals surface area contributed by atoms with Crippen LogP contribution in [-0.4, -0.2) is 23.9 Å². The summed E-state index contributed by atoms with van der Waals surface area (Å²) < 4.78 is 0. The highest BCUT2D eigenvalue weighted by molar-refractivity contribution is 6.33. The third-order valence-electron chi connectivity index (χ3n) is 3.54. The average Bonchev–Trinajstić information content (AvgIpc) is 2.58. The van der Waals surface area contributed by atoms with Gasteiger partial charge in [0.15, 0.2) is 0 Å². The van der Waals surface area contributed by atoms with Crippen LogP contribution >= 0.6 is 11.6 Å². The summed E-state index contributed by atoms with van der Waals surface area (Å²) in [6.45, 7) is 3.85. The molecular formula is C19H20ClN3O. The van der Waals surface area contributed by atoms with Gasteiger partial charge in [0.1, 0.15) is 0 Å². The molecule has 1 N–H and O–H groups in total. The Hall–Kier alpha value is -2.35. The van der Waals surface area contributed by atoms with Crippen molar-refractivity contribution >= 4 is 23.2 Å². The smallest absolute Gasteiger partial charge is 0.238 e. The first kappa shape index (κ1) is 18.0. The van der Waals surface area contributed by atoms with Crippen LogP contribution in [0.3, 0.4) is 0 Å². The van der Waals surface area contributed by atoms with Crippen molar-refractivity contribution in [2.24, 2.45) is 0 Å². The van der Waals surface area contributed by atoms with Gasteiger partial charge in [0.25, 0.3) is 0 Å². The van der Waals surface area contributed by atoms with E-state index in [1.807, 2.05) is 24.3 Å². The van der Waals surface area contributed by atoms with Gasteiger partial charge >= 0.3 is 0 Å². The first-order valence-corrected chi connectivity index (χ1v) is 8.26. The van der Waals surface area contributed by atoms with Crippen molar-refractivity contribution in [1.29, 1.82) is 5.26 Å². The number of hydrogen-bond donors (Lipinski definition) is 1. The number of nitrogens with zero attached hydrogens (tertiary/aromatic N) is 2. The van der Waals surface area contributed by atoms with Crippen LogP contribution in [0, 0.1) is 11.3 Å². The number of carbonyl (C=O) groups excluding carboxylic acids is 1. The van der Waals surface area contributed by atoms with Gasteiger partial charge in [-0.15, -0.1) is 0 Å². The van der Waals surface area contributed by atoms with Crippen LogP contribution in [0.4, 0.5) is 5.69 Å². The lowest BCUT2D eigenvalue weighted by Crippen LogP contribution is -2.33. The lowest BCUT2D eigenvalue weighted by atomic mass is 10.1. The molecule has 0 unspecified atom stereocenters. The second-order valence-corrected chi connectivity index (χ2v) is 5.95. The number of anilines is 1. The first-order valence-electron chi connectivity index (χ1n) is 7.88. The molecule has 2 aromatic carbocycles. The van der Waals surface area contributed by atoms with E-state index in [0.29, 0.717) is 29.4 Å². The van der Waals surface area contributed by atoms with Crippen LogP contribution in [0.5, 0.6) is 0 Å². The quantitative estimate of drug-likeness (QED) is 0.826. The van der Waals surface area contributed by atoms with Gasteiger partial charge in [0.2, 0.25) is 5.91 Å². The van der Waals surface area contributed by atoms with E-state index in [9.17, 15) is 4.79 Å². The normalized spacial score (nSPS) is 10.4. The molecule has 2 aromatic rings. The van der Waals surface area contributed by atoms with Crippen LogP contribution in [0.2, 0.25) is 5.02 Å². The topological polar surface area (TPSA) is 56.1 Å². The molecule has 0 heterocycles. The Morgan fingerprint density at radius 3 is 2.54 bits per heavy atom. The molecule has 0 aliphatic heterocycles. The molecule has 0 radical (unpaired) electrons. The number of nitrogens with one attached hydrogen (secondary N) is 1. The molecule has 0 saturated heterocycles. The third kappa shape index (κ3) is 5.38. The van der Waals surface area contributed by atoms with Gasteiger partial charge in [-0.05, 0) is 42.8 Å². The molecule has 4 nitrogen and oxygen atoms in total. The summed E-state index contributed by atoms with van der Waals surface area (Å²) in [5.74, 6) is -0.0924. The van der Waals surface area contributed by atoms with Crippen LogP contribution in [0.1, 0.15) is 24.5 Å². The van der Waals surface area contributed by atoms with E-state index in [4.69, 9.17) is 16.9 Å². The van der Waals surface area contributed by atoms with Crippen LogP contribution in [0.15, 0.2) is 48.5 Å².